The van der Waals surface area contributed by atoms with Crippen LogP contribution < -0.4 is 15.8 Å². The van der Waals surface area contributed by atoms with Crippen LogP contribution >= 0.6 is 0 Å². The second kappa shape index (κ2) is 7.09. The lowest BCUT2D eigenvalue weighted by Gasteiger charge is -2.17. The number of carbonyl (C=O) groups is 1. The van der Waals surface area contributed by atoms with E-state index in [9.17, 15) is 9.18 Å². The summed E-state index contributed by atoms with van der Waals surface area (Å²) in [4.78, 5) is 11.6. The Kier molecular flexibility index (Phi) is 5.76. The molecule has 5 heteroatoms. The Morgan fingerprint density at radius 3 is 2.74 bits per heavy atom. The van der Waals surface area contributed by atoms with E-state index in [1.807, 2.05) is 13.8 Å². The number of hydrogen-bond donors (Lipinski definition) is 2. The topological polar surface area (TPSA) is 64.3 Å². The minimum absolute atomic E-state index is 0.107. The molecule has 1 amide bonds. The zero-order chi connectivity index (χ0) is 14.4. The molecule has 0 fully saturated rings. The second-order valence-corrected chi connectivity index (χ2v) is 4.59. The van der Waals surface area contributed by atoms with Crippen molar-refractivity contribution in [1.29, 1.82) is 0 Å². The fraction of sp³-hybridized carbons (Fsp3) is 0.500. The van der Waals surface area contributed by atoms with Crippen molar-refractivity contribution in [1.82, 2.24) is 5.32 Å². The van der Waals surface area contributed by atoms with E-state index in [0.29, 0.717) is 24.3 Å². The van der Waals surface area contributed by atoms with Gasteiger partial charge in [-0.3, -0.25) is 4.79 Å². The van der Waals surface area contributed by atoms with E-state index in [1.54, 1.807) is 6.92 Å². The first kappa shape index (κ1) is 15.4. The number of carbonyl (C=O) groups excluding carboxylic acids is 1. The number of hydrogen-bond acceptors (Lipinski definition) is 3. The van der Waals surface area contributed by atoms with Crippen LogP contribution in [0, 0.1) is 5.82 Å². The van der Waals surface area contributed by atoms with Gasteiger partial charge in [0.1, 0.15) is 11.6 Å². The van der Waals surface area contributed by atoms with Gasteiger partial charge in [-0.05, 0) is 51.0 Å². The lowest BCUT2D eigenvalue weighted by atomic mass is 10.1. The molecule has 2 atom stereocenters. The molecule has 0 aliphatic rings. The largest absolute Gasteiger partial charge is 0.481 e. The summed E-state index contributed by atoms with van der Waals surface area (Å²) in [6.07, 6.45) is -0.132. The molecule has 106 valence electrons. The first-order valence-electron chi connectivity index (χ1n) is 6.42. The lowest BCUT2D eigenvalue weighted by Crippen LogP contribution is -2.36. The quantitative estimate of drug-likeness (QED) is 0.824. The van der Waals surface area contributed by atoms with Crippen LogP contribution in [-0.4, -0.2) is 24.6 Å². The van der Waals surface area contributed by atoms with Crippen LogP contribution in [-0.2, 0) is 11.2 Å². The van der Waals surface area contributed by atoms with Gasteiger partial charge in [0.25, 0.3) is 5.91 Å². The van der Waals surface area contributed by atoms with Gasteiger partial charge in [-0.1, -0.05) is 0 Å². The lowest BCUT2D eigenvalue weighted by molar-refractivity contribution is -0.127. The molecule has 1 aromatic rings. The van der Waals surface area contributed by atoms with Crippen LogP contribution in [0.25, 0.3) is 0 Å². The van der Waals surface area contributed by atoms with E-state index in [-0.39, 0.29) is 17.8 Å². The molecular weight excluding hydrogens is 247 g/mol. The third kappa shape index (κ3) is 4.87. The summed E-state index contributed by atoms with van der Waals surface area (Å²) >= 11 is 0. The Hall–Kier alpha value is -1.62. The van der Waals surface area contributed by atoms with Gasteiger partial charge in [-0.25, -0.2) is 4.39 Å². The molecule has 0 heterocycles. The van der Waals surface area contributed by atoms with Crippen molar-refractivity contribution >= 4 is 5.91 Å². The van der Waals surface area contributed by atoms with Crippen molar-refractivity contribution in [3.63, 3.8) is 0 Å². The minimum atomic E-state index is -0.628. The van der Waals surface area contributed by atoms with Crippen molar-refractivity contribution in [3.8, 4) is 5.75 Å². The van der Waals surface area contributed by atoms with Gasteiger partial charge in [0.05, 0.1) is 0 Å². The number of rotatable bonds is 6. The van der Waals surface area contributed by atoms with E-state index >= 15 is 0 Å². The first-order chi connectivity index (χ1) is 8.93. The molecule has 0 aromatic heterocycles. The van der Waals surface area contributed by atoms with Crippen LogP contribution in [0.1, 0.15) is 26.3 Å². The standard InChI is InChI=1S/C14H21FN2O2/c1-4-17-14(18)10(3)19-13-6-5-12(15)8-11(13)7-9(2)16/h5-6,8-10H,4,7,16H2,1-3H3,(H,17,18). The zero-order valence-corrected chi connectivity index (χ0v) is 11.6. The number of benzene rings is 1. The van der Waals surface area contributed by atoms with Crippen LogP contribution in [0.5, 0.6) is 5.75 Å². The first-order valence-corrected chi connectivity index (χ1v) is 6.42. The van der Waals surface area contributed by atoms with Gasteiger partial charge < -0.3 is 15.8 Å². The molecule has 0 aliphatic heterocycles. The summed E-state index contributed by atoms with van der Waals surface area (Å²) in [6, 6.07) is 4.13. The van der Waals surface area contributed by atoms with E-state index in [2.05, 4.69) is 5.32 Å². The normalized spacial score (nSPS) is 13.7. The summed E-state index contributed by atoms with van der Waals surface area (Å²) in [5.74, 6) is -0.0373. The summed E-state index contributed by atoms with van der Waals surface area (Å²) in [6.45, 7) is 5.87. The Labute approximate surface area is 113 Å². The van der Waals surface area contributed by atoms with Gasteiger partial charge in [0, 0.05) is 12.6 Å². The molecule has 0 saturated heterocycles. The van der Waals surface area contributed by atoms with E-state index in [1.165, 1.54) is 18.2 Å². The monoisotopic (exact) mass is 268 g/mol. The Morgan fingerprint density at radius 2 is 2.16 bits per heavy atom. The third-order valence-corrected chi connectivity index (χ3v) is 2.59. The molecule has 0 saturated carbocycles. The molecule has 0 bridgehead atoms. The number of halogens is 1. The van der Waals surface area contributed by atoms with Crippen molar-refractivity contribution in [2.75, 3.05) is 6.54 Å². The average molecular weight is 268 g/mol. The second-order valence-electron chi connectivity index (χ2n) is 4.59. The molecule has 4 nitrogen and oxygen atoms in total. The summed E-state index contributed by atoms with van der Waals surface area (Å²) in [5, 5.41) is 2.67. The van der Waals surface area contributed by atoms with E-state index in [0.717, 1.165) is 0 Å². The van der Waals surface area contributed by atoms with Gasteiger partial charge in [0.15, 0.2) is 6.10 Å². The summed E-state index contributed by atoms with van der Waals surface area (Å²) < 4.78 is 18.8. The van der Waals surface area contributed by atoms with Crippen LogP contribution in [0.4, 0.5) is 4.39 Å². The Balaban J connectivity index is 2.84. The summed E-state index contributed by atoms with van der Waals surface area (Å²) in [5.41, 5.74) is 6.40. The molecular formula is C14H21FN2O2. The highest BCUT2D eigenvalue weighted by Gasteiger charge is 2.16. The SMILES string of the molecule is CCNC(=O)C(C)Oc1ccc(F)cc1CC(C)N. The van der Waals surface area contributed by atoms with Gasteiger partial charge >= 0.3 is 0 Å². The molecule has 19 heavy (non-hydrogen) atoms. The highest BCUT2D eigenvalue weighted by atomic mass is 19.1. The van der Waals surface area contributed by atoms with Crippen molar-refractivity contribution < 1.29 is 13.9 Å². The van der Waals surface area contributed by atoms with Crippen molar-refractivity contribution in [2.45, 2.75) is 39.3 Å². The maximum absolute atomic E-state index is 13.2. The number of amides is 1. The van der Waals surface area contributed by atoms with Crippen molar-refractivity contribution in [2.24, 2.45) is 5.73 Å². The number of ether oxygens (including phenoxy) is 1. The van der Waals surface area contributed by atoms with Gasteiger partial charge in [-0.15, -0.1) is 0 Å². The number of likely N-dealkylation sites (N-methyl/N-ethyl adjacent to an activating group) is 1. The molecule has 0 aliphatic carbocycles. The van der Waals surface area contributed by atoms with Gasteiger partial charge in [0.2, 0.25) is 0 Å². The van der Waals surface area contributed by atoms with Crippen LogP contribution in [0.15, 0.2) is 18.2 Å². The molecule has 1 rings (SSSR count). The smallest absolute Gasteiger partial charge is 0.260 e. The van der Waals surface area contributed by atoms with Crippen LogP contribution in [0.3, 0.4) is 0 Å². The molecule has 3 N–H and O–H groups in total. The molecule has 2 unspecified atom stereocenters. The van der Waals surface area contributed by atoms with E-state index < -0.39 is 6.10 Å². The fourth-order valence-electron chi connectivity index (χ4n) is 1.73. The van der Waals surface area contributed by atoms with Gasteiger partial charge in [-0.2, -0.15) is 0 Å². The fourth-order valence-corrected chi connectivity index (χ4v) is 1.73. The highest BCUT2D eigenvalue weighted by Crippen LogP contribution is 2.22. The predicted octanol–water partition coefficient (Wildman–Crippen LogP) is 1.62. The maximum atomic E-state index is 13.2. The number of nitrogens with one attached hydrogen (secondary N) is 1. The third-order valence-electron chi connectivity index (χ3n) is 2.59. The van der Waals surface area contributed by atoms with E-state index in [4.69, 9.17) is 10.5 Å². The number of nitrogens with two attached hydrogens (primary N) is 1. The van der Waals surface area contributed by atoms with Crippen molar-refractivity contribution in [3.05, 3.63) is 29.6 Å². The zero-order valence-electron chi connectivity index (χ0n) is 11.6. The molecule has 0 radical (unpaired) electrons. The maximum Gasteiger partial charge on any atom is 0.260 e. The summed E-state index contributed by atoms with van der Waals surface area (Å²) in [7, 11) is 0. The Bertz CT molecular complexity index is 435. The highest BCUT2D eigenvalue weighted by molar-refractivity contribution is 5.80. The predicted molar refractivity (Wildman–Crippen MR) is 72.5 cm³/mol. The van der Waals surface area contributed by atoms with Crippen LogP contribution in [0.2, 0.25) is 0 Å². The molecule has 1 aromatic carbocycles. The Morgan fingerprint density at radius 1 is 1.47 bits per heavy atom. The average Bonchev–Trinajstić information content (AvgIpc) is 2.32. The minimum Gasteiger partial charge on any atom is -0.481 e. The molecule has 0 spiro atoms.